The van der Waals surface area contributed by atoms with Crippen LogP contribution in [0.2, 0.25) is 0 Å². The zero-order valence-electron chi connectivity index (χ0n) is 28.9. The number of amides is 2. The Hall–Kier alpha value is -5.90. The predicted molar refractivity (Wildman–Crippen MR) is 194 cm³/mol. The molecule has 0 unspecified atom stereocenters. The molecule has 2 aliphatic heterocycles. The van der Waals surface area contributed by atoms with Crippen molar-refractivity contribution in [2.75, 3.05) is 19.7 Å². The molecule has 8 rings (SSSR count). The van der Waals surface area contributed by atoms with E-state index in [0.717, 1.165) is 28.8 Å². The van der Waals surface area contributed by atoms with Crippen LogP contribution in [0.3, 0.4) is 0 Å². The van der Waals surface area contributed by atoms with Gasteiger partial charge in [-0.2, -0.15) is 0 Å². The van der Waals surface area contributed by atoms with Gasteiger partial charge in [-0.3, -0.25) is 4.79 Å². The average molecular weight is 717 g/mol. The Morgan fingerprint density at radius 3 is 2.13 bits per heavy atom. The third kappa shape index (κ3) is 7.01. The molecule has 1 saturated heterocycles. The van der Waals surface area contributed by atoms with Crippen LogP contribution in [-0.4, -0.2) is 52.7 Å². The molecule has 0 saturated carbocycles. The van der Waals surface area contributed by atoms with Crippen molar-refractivity contribution in [1.82, 2.24) is 9.80 Å². The Morgan fingerprint density at radius 2 is 1.43 bits per heavy atom. The highest BCUT2D eigenvalue weighted by Gasteiger charge is 2.33. The van der Waals surface area contributed by atoms with Crippen LogP contribution in [0.15, 0.2) is 109 Å². The van der Waals surface area contributed by atoms with E-state index in [1.54, 1.807) is 9.80 Å². The number of ether oxygens (including phenoxy) is 3. The lowest BCUT2D eigenvalue weighted by Gasteiger charge is -2.32. The topological polar surface area (TPSA) is 88.5 Å². The predicted octanol–water partition coefficient (Wildman–Crippen LogP) is 8.86. The third-order valence-corrected chi connectivity index (χ3v) is 10.3. The number of nitrogens with zero attached hydrogens (tertiary/aromatic N) is 2. The molecule has 270 valence electrons. The Bertz CT molecular complexity index is 2110. The molecule has 0 spiro atoms. The molecule has 0 radical (unpaired) electrons. The molecule has 0 atom stereocenters. The van der Waals surface area contributed by atoms with Crippen LogP contribution in [0.4, 0.5) is 13.6 Å². The zero-order valence-corrected chi connectivity index (χ0v) is 28.9. The van der Waals surface area contributed by atoms with Gasteiger partial charge in [-0.05, 0) is 63.2 Å². The molecule has 2 amide bonds. The van der Waals surface area contributed by atoms with Crippen molar-refractivity contribution in [2.45, 2.75) is 51.0 Å². The number of likely N-dealkylation sites (tertiary alicyclic amines) is 1. The van der Waals surface area contributed by atoms with E-state index in [1.807, 2.05) is 72.8 Å². The molecule has 0 aromatic heterocycles. The summed E-state index contributed by atoms with van der Waals surface area (Å²) < 4.78 is 45.3. The SMILES string of the molecule is O=C(OCC1c2ccccc2-c2ccccc21)N1CCC(Oc2ccc3c(c2)CN(C(=O)c2c(O)cc(C(F)F)cc2OCc2ccccc2)C3)CC1. The largest absolute Gasteiger partial charge is 0.507 e. The van der Waals surface area contributed by atoms with Gasteiger partial charge in [-0.15, -0.1) is 0 Å². The van der Waals surface area contributed by atoms with Crippen LogP contribution in [0, 0.1) is 0 Å². The van der Waals surface area contributed by atoms with E-state index in [9.17, 15) is 23.5 Å². The highest BCUT2D eigenvalue weighted by molar-refractivity contribution is 6.00. The van der Waals surface area contributed by atoms with Crippen molar-refractivity contribution in [3.8, 4) is 28.4 Å². The van der Waals surface area contributed by atoms with Crippen molar-refractivity contribution in [3.63, 3.8) is 0 Å². The molecule has 1 fully saturated rings. The van der Waals surface area contributed by atoms with E-state index in [-0.39, 0.29) is 55.7 Å². The number of phenolic OH excluding ortho intramolecular Hbond substituents is 1. The first-order chi connectivity index (χ1) is 25.8. The first-order valence-corrected chi connectivity index (χ1v) is 17.8. The molecule has 3 aliphatic rings. The molecule has 5 aromatic rings. The van der Waals surface area contributed by atoms with Gasteiger partial charge in [-0.25, -0.2) is 13.6 Å². The smallest absolute Gasteiger partial charge is 0.409 e. The minimum absolute atomic E-state index is 0.00463. The first-order valence-electron chi connectivity index (χ1n) is 17.8. The number of hydrogen-bond acceptors (Lipinski definition) is 6. The second-order valence-corrected chi connectivity index (χ2v) is 13.7. The van der Waals surface area contributed by atoms with E-state index < -0.39 is 23.6 Å². The highest BCUT2D eigenvalue weighted by atomic mass is 19.3. The zero-order chi connectivity index (χ0) is 36.5. The van der Waals surface area contributed by atoms with E-state index in [4.69, 9.17) is 14.2 Å². The quantitative estimate of drug-likeness (QED) is 0.164. The van der Waals surface area contributed by atoms with Crippen LogP contribution in [0.25, 0.3) is 11.1 Å². The van der Waals surface area contributed by atoms with Crippen LogP contribution < -0.4 is 9.47 Å². The minimum atomic E-state index is -2.85. The van der Waals surface area contributed by atoms with Crippen LogP contribution in [0.5, 0.6) is 17.2 Å². The Morgan fingerprint density at radius 1 is 0.774 bits per heavy atom. The standard InChI is InChI=1S/C43H38F2N2O6/c44-41(45)29-21-38(48)40(39(22-29)51-25-27-8-2-1-3-9-27)42(49)47-23-28-14-15-32(20-30(28)24-47)53-31-16-18-46(19-17-31)43(50)52-26-37-35-12-6-4-10-33(35)34-11-5-7-13-36(34)37/h1-15,20-22,31,37,41,48H,16-19,23-26H2. The maximum Gasteiger partial charge on any atom is 0.409 e. The lowest BCUT2D eigenvalue weighted by molar-refractivity contribution is 0.0661. The summed E-state index contributed by atoms with van der Waals surface area (Å²) in [6.45, 7) is 1.87. The number of hydrogen-bond donors (Lipinski definition) is 1. The van der Waals surface area contributed by atoms with Crippen molar-refractivity contribution < 1.29 is 37.7 Å². The van der Waals surface area contributed by atoms with Gasteiger partial charge in [0, 0.05) is 50.5 Å². The number of carbonyl (C=O) groups excluding carboxylic acids is 2. The number of halogens is 2. The highest BCUT2D eigenvalue weighted by Crippen LogP contribution is 2.45. The van der Waals surface area contributed by atoms with Crippen molar-refractivity contribution in [1.29, 1.82) is 0 Å². The first kappa shape index (κ1) is 34.2. The lowest BCUT2D eigenvalue weighted by atomic mass is 9.98. The van der Waals surface area contributed by atoms with Crippen molar-refractivity contribution >= 4 is 12.0 Å². The minimum Gasteiger partial charge on any atom is -0.507 e. The fraction of sp³-hybridized carbons (Fsp3) is 0.256. The number of piperidine rings is 1. The number of aromatic hydroxyl groups is 1. The molecular weight excluding hydrogens is 678 g/mol. The van der Waals surface area contributed by atoms with E-state index in [0.29, 0.717) is 31.7 Å². The molecular formula is C43H38F2N2O6. The number of benzene rings is 5. The maximum atomic E-state index is 13.8. The molecule has 1 aliphatic carbocycles. The normalized spacial score (nSPS) is 15.2. The second kappa shape index (κ2) is 14.6. The summed E-state index contributed by atoms with van der Waals surface area (Å²) in [5.41, 5.74) is 6.74. The second-order valence-electron chi connectivity index (χ2n) is 13.7. The van der Waals surface area contributed by atoms with E-state index >= 15 is 0 Å². The Kier molecular flexibility index (Phi) is 9.43. The molecule has 8 nitrogen and oxygen atoms in total. The van der Waals surface area contributed by atoms with Gasteiger partial charge in [0.15, 0.2) is 0 Å². The Balaban J connectivity index is 0.867. The molecule has 1 N–H and O–H groups in total. The Labute approximate surface area is 306 Å². The summed E-state index contributed by atoms with van der Waals surface area (Å²) in [7, 11) is 0. The maximum absolute atomic E-state index is 13.8. The summed E-state index contributed by atoms with van der Waals surface area (Å²) in [4.78, 5) is 30.2. The molecule has 0 bridgehead atoms. The van der Waals surface area contributed by atoms with Crippen LogP contribution >= 0.6 is 0 Å². The van der Waals surface area contributed by atoms with Crippen molar-refractivity contribution in [3.05, 3.63) is 148 Å². The van der Waals surface area contributed by atoms with E-state index in [2.05, 4.69) is 24.3 Å². The lowest BCUT2D eigenvalue weighted by Crippen LogP contribution is -2.42. The summed E-state index contributed by atoms with van der Waals surface area (Å²) in [5.74, 6) is -0.511. The van der Waals surface area contributed by atoms with Gasteiger partial charge in [0.25, 0.3) is 12.3 Å². The number of carbonyl (C=O) groups is 2. The summed E-state index contributed by atoms with van der Waals surface area (Å²) in [6, 6.07) is 33.4. The van der Waals surface area contributed by atoms with E-state index in [1.165, 1.54) is 22.3 Å². The fourth-order valence-corrected chi connectivity index (χ4v) is 7.59. The van der Waals surface area contributed by atoms with Gasteiger partial charge < -0.3 is 29.1 Å². The monoisotopic (exact) mass is 716 g/mol. The van der Waals surface area contributed by atoms with Gasteiger partial charge in [0.05, 0.1) is 0 Å². The summed E-state index contributed by atoms with van der Waals surface area (Å²) in [5, 5.41) is 10.8. The number of fused-ring (bicyclic) bond motifs is 4. The fourth-order valence-electron chi connectivity index (χ4n) is 7.59. The third-order valence-electron chi connectivity index (χ3n) is 10.3. The van der Waals surface area contributed by atoms with Gasteiger partial charge in [0.1, 0.15) is 42.1 Å². The molecule has 53 heavy (non-hydrogen) atoms. The molecule has 10 heteroatoms. The van der Waals surface area contributed by atoms with Gasteiger partial charge in [-0.1, -0.05) is 84.9 Å². The summed E-state index contributed by atoms with van der Waals surface area (Å²) in [6.07, 6.45) is -1.98. The number of rotatable bonds is 9. The van der Waals surface area contributed by atoms with Gasteiger partial charge in [0.2, 0.25) is 0 Å². The average Bonchev–Trinajstić information content (AvgIpc) is 3.75. The number of alkyl halides is 2. The number of phenols is 1. The van der Waals surface area contributed by atoms with Gasteiger partial charge >= 0.3 is 6.09 Å². The van der Waals surface area contributed by atoms with Crippen LogP contribution in [0.1, 0.15) is 68.9 Å². The van der Waals surface area contributed by atoms with Crippen molar-refractivity contribution in [2.24, 2.45) is 0 Å². The molecule has 5 aromatic carbocycles. The summed E-state index contributed by atoms with van der Waals surface area (Å²) >= 11 is 0. The van der Waals surface area contributed by atoms with Crippen LogP contribution in [-0.2, 0) is 24.4 Å². The molecule has 2 heterocycles.